The average molecular weight is 212 g/mol. The molecule has 0 saturated heterocycles. The first kappa shape index (κ1) is 11.2. The summed E-state index contributed by atoms with van der Waals surface area (Å²) in [7, 11) is 0. The second kappa shape index (κ2) is 4.60. The topological polar surface area (TPSA) is 46.2 Å². The fraction of sp³-hybridized carbons (Fsp3) is 0.273. The molecule has 1 aromatic carbocycles. The van der Waals surface area contributed by atoms with Crippen molar-refractivity contribution in [1.82, 2.24) is 0 Å². The van der Waals surface area contributed by atoms with Gasteiger partial charge in [0.2, 0.25) is 0 Å². The number of hydrogen-bond donors (Lipinski definition) is 2. The van der Waals surface area contributed by atoms with E-state index in [4.69, 9.17) is 17.3 Å². The van der Waals surface area contributed by atoms with E-state index in [1.165, 1.54) is 0 Å². The summed E-state index contributed by atoms with van der Waals surface area (Å²) in [5, 5.41) is 10.1. The molecule has 0 aliphatic rings. The highest BCUT2D eigenvalue weighted by Crippen LogP contribution is 2.23. The third-order valence-corrected chi connectivity index (χ3v) is 2.24. The van der Waals surface area contributed by atoms with E-state index in [0.29, 0.717) is 5.02 Å². The van der Waals surface area contributed by atoms with Crippen LogP contribution in [0.2, 0.25) is 5.02 Å². The molecular weight excluding hydrogens is 198 g/mol. The van der Waals surface area contributed by atoms with Gasteiger partial charge in [0.25, 0.3) is 0 Å². The van der Waals surface area contributed by atoms with Gasteiger partial charge in [0, 0.05) is 11.6 Å². The first-order chi connectivity index (χ1) is 6.54. The van der Waals surface area contributed by atoms with Crippen LogP contribution < -0.4 is 5.73 Å². The predicted octanol–water partition coefficient (Wildman–Crippen LogP) is 2.37. The summed E-state index contributed by atoms with van der Waals surface area (Å²) in [6, 6.07) is 5.38. The maximum Gasteiger partial charge on any atom is 0.0912 e. The van der Waals surface area contributed by atoms with Crippen molar-refractivity contribution >= 4 is 17.2 Å². The molecule has 0 spiro atoms. The monoisotopic (exact) mass is 211 g/mol. The Balaban J connectivity index is 3.13. The zero-order chi connectivity index (χ0) is 10.7. The number of nitrogens with two attached hydrogens (primary N) is 1. The highest BCUT2D eigenvalue weighted by molar-refractivity contribution is 6.30. The van der Waals surface area contributed by atoms with Crippen LogP contribution in [-0.4, -0.2) is 11.7 Å². The van der Waals surface area contributed by atoms with E-state index in [-0.39, 0.29) is 6.54 Å². The summed E-state index contributed by atoms with van der Waals surface area (Å²) < 4.78 is 0. The lowest BCUT2D eigenvalue weighted by atomic mass is 10.0. The van der Waals surface area contributed by atoms with Crippen LogP contribution in [0, 0.1) is 0 Å². The lowest BCUT2D eigenvalue weighted by molar-refractivity contribution is 0.186. The Labute approximate surface area is 89.0 Å². The predicted molar refractivity (Wildman–Crippen MR) is 60.2 cm³/mol. The standard InChI is InChI=1S/C11H14ClNO/c1-7(2)8-3-9(11(14)6-13)5-10(12)4-8/h3-5,11,14H,1,6,13H2,2H3. The minimum Gasteiger partial charge on any atom is -0.387 e. The Morgan fingerprint density at radius 3 is 2.71 bits per heavy atom. The third kappa shape index (κ3) is 2.58. The molecule has 0 bridgehead atoms. The fourth-order valence-corrected chi connectivity index (χ4v) is 1.43. The second-order valence-corrected chi connectivity index (χ2v) is 3.74. The minimum absolute atomic E-state index is 0.190. The SMILES string of the molecule is C=C(C)c1cc(Cl)cc(C(O)CN)c1. The Bertz CT molecular complexity index is 349. The Kier molecular flexibility index (Phi) is 3.69. The first-order valence-electron chi connectivity index (χ1n) is 4.39. The number of benzene rings is 1. The molecule has 0 fully saturated rings. The summed E-state index contributed by atoms with van der Waals surface area (Å²) in [5.41, 5.74) is 7.94. The number of hydrogen-bond acceptors (Lipinski definition) is 2. The van der Waals surface area contributed by atoms with Crippen molar-refractivity contribution in [3.63, 3.8) is 0 Å². The molecule has 0 aliphatic carbocycles. The van der Waals surface area contributed by atoms with Gasteiger partial charge in [0.15, 0.2) is 0 Å². The summed E-state index contributed by atoms with van der Waals surface area (Å²) >= 11 is 5.90. The maximum atomic E-state index is 9.55. The van der Waals surface area contributed by atoms with Gasteiger partial charge in [-0.1, -0.05) is 23.8 Å². The number of allylic oxidation sites excluding steroid dienone is 1. The van der Waals surface area contributed by atoms with Crippen molar-refractivity contribution in [1.29, 1.82) is 0 Å². The molecule has 0 aliphatic heterocycles. The molecule has 1 aromatic rings. The van der Waals surface area contributed by atoms with Crippen LogP contribution in [0.25, 0.3) is 5.57 Å². The molecule has 76 valence electrons. The Morgan fingerprint density at radius 1 is 1.57 bits per heavy atom. The normalized spacial score (nSPS) is 12.6. The van der Waals surface area contributed by atoms with Crippen molar-refractivity contribution in [2.45, 2.75) is 13.0 Å². The summed E-state index contributed by atoms with van der Waals surface area (Å²) in [4.78, 5) is 0. The summed E-state index contributed by atoms with van der Waals surface area (Å²) in [5.74, 6) is 0. The molecule has 0 radical (unpaired) electrons. The van der Waals surface area contributed by atoms with E-state index in [2.05, 4.69) is 6.58 Å². The van der Waals surface area contributed by atoms with Gasteiger partial charge < -0.3 is 10.8 Å². The molecule has 0 saturated carbocycles. The van der Waals surface area contributed by atoms with Crippen molar-refractivity contribution in [3.05, 3.63) is 40.9 Å². The highest BCUT2D eigenvalue weighted by Gasteiger charge is 2.07. The number of aliphatic hydroxyl groups excluding tert-OH is 1. The zero-order valence-corrected chi connectivity index (χ0v) is 8.88. The summed E-state index contributed by atoms with van der Waals surface area (Å²) in [6.45, 7) is 5.90. The van der Waals surface area contributed by atoms with Crippen molar-refractivity contribution < 1.29 is 5.11 Å². The lowest BCUT2D eigenvalue weighted by Gasteiger charge is -2.10. The van der Waals surface area contributed by atoms with Gasteiger partial charge >= 0.3 is 0 Å². The quantitative estimate of drug-likeness (QED) is 0.807. The van der Waals surface area contributed by atoms with Gasteiger partial charge in [-0.3, -0.25) is 0 Å². The van der Waals surface area contributed by atoms with Gasteiger partial charge in [-0.15, -0.1) is 0 Å². The smallest absolute Gasteiger partial charge is 0.0912 e. The van der Waals surface area contributed by atoms with Crippen molar-refractivity contribution in [3.8, 4) is 0 Å². The molecule has 0 aromatic heterocycles. The molecule has 14 heavy (non-hydrogen) atoms. The van der Waals surface area contributed by atoms with Gasteiger partial charge in [-0.2, -0.15) is 0 Å². The van der Waals surface area contributed by atoms with Crippen LogP contribution in [0.15, 0.2) is 24.8 Å². The molecule has 1 unspecified atom stereocenters. The highest BCUT2D eigenvalue weighted by atomic mass is 35.5. The van der Waals surface area contributed by atoms with Crippen LogP contribution in [-0.2, 0) is 0 Å². The Morgan fingerprint density at radius 2 is 2.21 bits per heavy atom. The zero-order valence-electron chi connectivity index (χ0n) is 8.13. The second-order valence-electron chi connectivity index (χ2n) is 3.31. The van der Waals surface area contributed by atoms with E-state index in [1.54, 1.807) is 6.07 Å². The number of halogens is 1. The van der Waals surface area contributed by atoms with Crippen molar-refractivity contribution in [2.75, 3.05) is 6.54 Å². The van der Waals surface area contributed by atoms with Crippen LogP contribution in [0.3, 0.4) is 0 Å². The van der Waals surface area contributed by atoms with Gasteiger partial charge in [-0.05, 0) is 36.2 Å². The average Bonchev–Trinajstić information content (AvgIpc) is 2.15. The van der Waals surface area contributed by atoms with Crippen LogP contribution in [0.4, 0.5) is 0 Å². The van der Waals surface area contributed by atoms with E-state index in [0.717, 1.165) is 16.7 Å². The van der Waals surface area contributed by atoms with Gasteiger partial charge in [0.05, 0.1) is 6.10 Å². The van der Waals surface area contributed by atoms with Crippen LogP contribution in [0.5, 0.6) is 0 Å². The molecule has 3 heteroatoms. The summed E-state index contributed by atoms with van der Waals surface area (Å²) in [6.07, 6.45) is -0.660. The van der Waals surface area contributed by atoms with Crippen molar-refractivity contribution in [2.24, 2.45) is 5.73 Å². The number of aliphatic hydroxyl groups is 1. The van der Waals surface area contributed by atoms with E-state index < -0.39 is 6.10 Å². The van der Waals surface area contributed by atoms with Crippen LogP contribution >= 0.6 is 11.6 Å². The third-order valence-electron chi connectivity index (χ3n) is 2.02. The number of rotatable bonds is 3. The molecule has 0 heterocycles. The Hall–Kier alpha value is -0.830. The van der Waals surface area contributed by atoms with E-state index >= 15 is 0 Å². The van der Waals surface area contributed by atoms with E-state index in [9.17, 15) is 5.11 Å². The fourth-order valence-electron chi connectivity index (χ4n) is 1.19. The van der Waals surface area contributed by atoms with Gasteiger partial charge in [0.1, 0.15) is 0 Å². The molecule has 0 amide bonds. The molecular formula is C11H14ClNO. The minimum atomic E-state index is -0.660. The first-order valence-corrected chi connectivity index (χ1v) is 4.77. The van der Waals surface area contributed by atoms with Crippen LogP contribution in [0.1, 0.15) is 24.2 Å². The van der Waals surface area contributed by atoms with Gasteiger partial charge in [-0.25, -0.2) is 0 Å². The molecule has 3 N–H and O–H groups in total. The largest absolute Gasteiger partial charge is 0.387 e. The lowest BCUT2D eigenvalue weighted by Crippen LogP contribution is -2.11. The molecule has 1 rings (SSSR count). The molecule has 1 atom stereocenters. The molecule has 2 nitrogen and oxygen atoms in total. The van der Waals surface area contributed by atoms with E-state index in [1.807, 2.05) is 19.1 Å². The maximum absolute atomic E-state index is 9.55.